The van der Waals surface area contributed by atoms with Gasteiger partial charge in [0, 0.05) is 0 Å². The Bertz CT molecular complexity index is 1030. The van der Waals surface area contributed by atoms with E-state index in [0.717, 1.165) is 28.7 Å². The number of aryl methyl sites for hydroxylation is 2. The quantitative estimate of drug-likeness (QED) is 0.421. The molecule has 0 saturated carbocycles. The van der Waals surface area contributed by atoms with E-state index in [1.165, 1.54) is 11.3 Å². The average Bonchev–Trinajstić information content (AvgIpc) is 3.08. The first-order chi connectivity index (χ1) is 14.0. The first-order valence-electron chi connectivity index (χ1n) is 9.54. The second-order valence-corrected chi connectivity index (χ2v) is 7.83. The van der Waals surface area contributed by atoms with Gasteiger partial charge in [0.2, 0.25) is 0 Å². The number of rotatable bonds is 8. The van der Waals surface area contributed by atoms with E-state index in [-0.39, 0.29) is 18.5 Å². The summed E-state index contributed by atoms with van der Waals surface area (Å²) in [6.07, 6.45) is 1.81. The van der Waals surface area contributed by atoms with Gasteiger partial charge in [-0.25, -0.2) is 9.78 Å². The molecular weight excluding hydrogens is 388 g/mol. The number of aromatic nitrogens is 1. The molecule has 0 fully saturated rings. The Morgan fingerprint density at radius 3 is 2.72 bits per heavy atom. The number of anilines is 1. The van der Waals surface area contributed by atoms with Crippen LogP contribution in [0.3, 0.4) is 0 Å². The molecule has 0 unspecified atom stereocenters. The molecule has 1 heterocycles. The lowest BCUT2D eigenvalue weighted by molar-refractivity contribution is -0.118. The molecule has 0 radical (unpaired) electrons. The van der Waals surface area contributed by atoms with Crippen LogP contribution >= 0.6 is 11.3 Å². The number of amides is 1. The molecule has 29 heavy (non-hydrogen) atoms. The van der Waals surface area contributed by atoms with Gasteiger partial charge in [0.25, 0.3) is 5.91 Å². The number of carbonyl (C=O) groups excluding carboxylic acids is 2. The molecule has 0 bridgehead atoms. The van der Waals surface area contributed by atoms with Crippen LogP contribution in [0.1, 0.15) is 41.3 Å². The van der Waals surface area contributed by atoms with E-state index in [1.54, 1.807) is 18.2 Å². The summed E-state index contributed by atoms with van der Waals surface area (Å²) < 4.78 is 11.6. The van der Waals surface area contributed by atoms with Crippen molar-refractivity contribution in [3.63, 3.8) is 0 Å². The fourth-order valence-electron chi connectivity index (χ4n) is 2.76. The van der Waals surface area contributed by atoms with Gasteiger partial charge in [0.1, 0.15) is 5.75 Å². The molecule has 0 saturated heterocycles. The lowest BCUT2D eigenvalue weighted by Crippen LogP contribution is -2.20. The van der Waals surface area contributed by atoms with Crippen molar-refractivity contribution >= 4 is 38.6 Å². The van der Waals surface area contributed by atoms with Crippen LogP contribution in [0.2, 0.25) is 0 Å². The number of thiazole rings is 1. The van der Waals surface area contributed by atoms with E-state index in [1.807, 2.05) is 39.0 Å². The maximum absolute atomic E-state index is 12.2. The van der Waals surface area contributed by atoms with Gasteiger partial charge in [-0.3, -0.25) is 10.1 Å². The van der Waals surface area contributed by atoms with Crippen molar-refractivity contribution in [2.75, 3.05) is 18.5 Å². The Kier molecular flexibility index (Phi) is 6.82. The van der Waals surface area contributed by atoms with Gasteiger partial charge in [-0.1, -0.05) is 42.4 Å². The summed E-state index contributed by atoms with van der Waals surface area (Å²) >= 11 is 1.31. The fraction of sp³-hybridized carbons (Fsp3) is 0.318. The molecule has 0 aliphatic rings. The molecule has 3 aromatic rings. The molecule has 0 atom stereocenters. The van der Waals surface area contributed by atoms with Crippen molar-refractivity contribution in [1.29, 1.82) is 0 Å². The first-order valence-corrected chi connectivity index (χ1v) is 10.4. The Balaban J connectivity index is 1.61. The number of benzene rings is 2. The first kappa shape index (κ1) is 20.8. The highest BCUT2D eigenvalue weighted by molar-refractivity contribution is 7.22. The monoisotopic (exact) mass is 412 g/mol. The number of hydrogen-bond acceptors (Lipinski definition) is 6. The highest BCUT2D eigenvalue weighted by Crippen LogP contribution is 2.27. The number of ether oxygens (including phenoxy) is 2. The maximum Gasteiger partial charge on any atom is 0.338 e. The predicted octanol–water partition coefficient (Wildman–Crippen LogP) is 4.89. The average molecular weight is 413 g/mol. The van der Waals surface area contributed by atoms with Gasteiger partial charge in [-0.05, 0) is 50.1 Å². The number of unbranched alkanes of at least 4 members (excludes halogenated alkanes) is 1. The Hall–Kier alpha value is -2.93. The van der Waals surface area contributed by atoms with Crippen LogP contribution in [-0.4, -0.2) is 30.1 Å². The van der Waals surface area contributed by atoms with Crippen LogP contribution in [0.5, 0.6) is 5.75 Å². The molecule has 7 heteroatoms. The molecule has 6 nitrogen and oxygen atoms in total. The number of nitrogens with zero attached hydrogens (tertiary/aromatic N) is 1. The van der Waals surface area contributed by atoms with Gasteiger partial charge >= 0.3 is 5.97 Å². The second kappa shape index (κ2) is 9.52. The molecule has 152 valence electrons. The molecule has 2 aromatic carbocycles. The summed E-state index contributed by atoms with van der Waals surface area (Å²) in [4.78, 5) is 28.7. The van der Waals surface area contributed by atoms with Crippen molar-refractivity contribution in [2.24, 2.45) is 0 Å². The van der Waals surface area contributed by atoms with E-state index in [2.05, 4.69) is 10.3 Å². The highest BCUT2D eigenvalue weighted by atomic mass is 32.1. The van der Waals surface area contributed by atoms with Crippen LogP contribution < -0.4 is 10.1 Å². The SMILES string of the molecule is CCCCOC(=O)c1ccc2nc(NC(=O)COc3ccc(C)cc3C)sc2c1. The van der Waals surface area contributed by atoms with Crippen molar-refractivity contribution in [3.8, 4) is 5.75 Å². The molecule has 0 aliphatic carbocycles. The molecule has 0 aliphatic heterocycles. The topological polar surface area (TPSA) is 77.5 Å². The summed E-state index contributed by atoms with van der Waals surface area (Å²) in [5, 5.41) is 3.21. The molecule has 1 N–H and O–H groups in total. The van der Waals surface area contributed by atoms with Gasteiger partial charge in [-0.15, -0.1) is 0 Å². The van der Waals surface area contributed by atoms with Gasteiger partial charge in [0.15, 0.2) is 11.7 Å². The minimum atomic E-state index is -0.346. The summed E-state index contributed by atoms with van der Waals surface area (Å²) in [5.41, 5.74) is 3.32. The summed E-state index contributed by atoms with van der Waals surface area (Å²) in [5.74, 6) is 0.0470. The summed E-state index contributed by atoms with van der Waals surface area (Å²) in [7, 11) is 0. The van der Waals surface area contributed by atoms with E-state index in [9.17, 15) is 9.59 Å². The number of nitrogens with one attached hydrogen (secondary N) is 1. The maximum atomic E-state index is 12.2. The van der Waals surface area contributed by atoms with Crippen molar-refractivity contribution < 1.29 is 19.1 Å². The molecular formula is C22H24N2O4S. The van der Waals surface area contributed by atoms with Crippen LogP contribution in [0.4, 0.5) is 5.13 Å². The van der Waals surface area contributed by atoms with Crippen LogP contribution in [0, 0.1) is 13.8 Å². The lowest BCUT2D eigenvalue weighted by Gasteiger charge is -2.09. The zero-order chi connectivity index (χ0) is 20.8. The Morgan fingerprint density at radius 1 is 1.14 bits per heavy atom. The van der Waals surface area contributed by atoms with Gasteiger partial charge in [0.05, 0.1) is 22.4 Å². The minimum absolute atomic E-state index is 0.102. The van der Waals surface area contributed by atoms with E-state index in [0.29, 0.717) is 28.6 Å². The Morgan fingerprint density at radius 2 is 1.97 bits per heavy atom. The van der Waals surface area contributed by atoms with Crippen molar-refractivity contribution in [2.45, 2.75) is 33.6 Å². The number of carbonyl (C=O) groups is 2. The number of esters is 1. The largest absolute Gasteiger partial charge is 0.483 e. The molecule has 0 spiro atoms. The predicted molar refractivity (Wildman–Crippen MR) is 115 cm³/mol. The lowest BCUT2D eigenvalue weighted by atomic mass is 10.1. The smallest absolute Gasteiger partial charge is 0.338 e. The third-order valence-corrected chi connectivity index (χ3v) is 5.22. The molecule has 1 amide bonds. The van der Waals surface area contributed by atoms with Crippen LogP contribution in [-0.2, 0) is 9.53 Å². The van der Waals surface area contributed by atoms with Crippen LogP contribution in [0.15, 0.2) is 36.4 Å². The third kappa shape index (κ3) is 5.54. The number of fused-ring (bicyclic) bond motifs is 1. The summed E-state index contributed by atoms with van der Waals surface area (Å²) in [6, 6.07) is 11.0. The fourth-order valence-corrected chi connectivity index (χ4v) is 3.68. The van der Waals surface area contributed by atoms with Crippen molar-refractivity contribution in [3.05, 3.63) is 53.1 Å². The third-order valence-electron chi connectivity index (χ3n) is 4.29. The molecule has 3 rings (SSSR count). The van der Waals surface area contributed by atoms with E-state index >= 15 is 0 Å². The second-order valence-electron chi connectivity index (χ2n) is 6.80. The van der Waals surface area contributed by atoms with E-state index in [4.69, 9.17) is 9.47 Å². The van der Waals surface area contributed by atoms with E-state index < -0.39 is 0 Å². The standard InChI is InChI=1S/C22H24N2O4S/c1-4-5-10-27-21(26)16-7-8-17-19(12-16)29-22(23-17)24-20(25)13-28-18-9-6-14(2)11-15(18)3/h6-9,11-12H,4-5,10,13H2,1-3H3,(H,23,24,25). The zero-order valence-electron chi connectivity index (χ0n) is 16.8. The van der Waals surface area contributed by atoms with Crippen molar-refractivity contribution in [1.82, 2.24) is 4.98 Å². The minimum Gasteiger partial charge on any atom is -0.483 e. The summed E-state index contributed by atoms with van der Waals surface area (Å²) in [6.45, 7) is 6.30. The zero-order valence-corrected chi connectivity index (χ0v) is 17.6. The Labute approximate surface area is 173 Å². The van der Waals surface area contributed by atoms with Crippen LogP contribution in [0.25, 0.3) is 10.2 Å². The van der Waals surface area contributed by atoms with Gasteiger partial charge in [-0.2, -0.15) is 0 Å². The van der Waals surface area contributed by atoms with Gasteiger partial charge < -0.3 is 9.47 Å². The molecule has 1 aromatic heterocycles. The highest BCUT2D eigenvalue weighted by Gasteiger charge is 2.13. The normalized spacial score (nSPS) is 10.7. The number of hydrogen-bond donors (Lipinski definition) is 1.